The summed E-state index contributed by atoms with van der Waals surface area (Å²) in [7, 11) is 1.42. The first-order valence-electron chi connectivity index (χ1n) is 7.74. The highest BCUT2D eigenvalue weighted by atomic mass is 35.5. The fourth-order valence-electron chi connectivity index (χ4n) is 3.23. The zero-order valence-electron chi connectivity index (χ0n) is 13.2. The molecule has 0 bridgehead atoms. The van der Waals surface area contributed by atoms with Crippen molar-refractivity contribution in [2.75, 3.05) is 13.7 Å². The van der Waals surface area contributed by atoms with E-state index in [0.717, 1.165) is 31.2 Å². The number of carbonyl (C=O) groups is 2. The largest absolute Gasteiger partial charge is 0.480 e. The molecular weight excluding hydrogens is 318 g/mol. The van der Waals surface area contributed by atoms with Gasteiger partial charge >= 0.3 is 5.97 Å². The lowest BCUT2D eigenvalue weighted by molar-refractivity contribution is -0.145. The number of aliphatic carboxylic acids is 1. The molecule has 0 spiro atoms. The number of hydrogen-bond donors (Lipinski definition) is 2. The highest BCUT2D eigenvalue weighted by Crippen LogP contribution is 2.41. The maximum absolute atomic E-state index is 12.8. The lowest BCUT2D eigenvalue weighted by Gasteiger charge is -2.29. The highest BCUT2D eigenvalue weighted by Gasteiger charge is 2.42. The summed E-state index contributed by atoms with van der Waals surface area (Å²) >= 11 is 6.03. The topological polar surface area (TPSA) is 75.6 Å². The molecule has 1 aromatic carbocycles. The fourth-order valence-corrected chi connectivity index (χ4v) is 3.44. The number of rotatable bonds is 7. The molecule has 0 heterocycles. The van der Waals surface area contributed by atoms with Crippen LogP contribution in [0.3, 0.4) is 0 Å². The predicted octanol–water partition coefficient (Wildman–Crippen LogP) is 2.66. The van der Waals surface area contributed by atoms with Crippen LogP contribution in [0.5, 0.6) is 0 Å². The van der Waals surface area contributed by atoms with Gasteiger partial charge in [0.2, 0.25) is 5.91 Å². The van der Waals surface area contributed by atoms with Crippen LogP contribution in [0.15, 0.2) is 24.3 Å². The summed E-state index contributed by atoms with van der Waals surface area (Å²) in [6, 6.07) is 6.44. The maximum Gasteiger partial charge on any atom is 0.328 e. The third kappa shape index (κ3) is 4.45. The summed E-state index contributed by atoms with van der Waals surface area (Å²) in [5.74, 6) is -1.30. The van der Waals surface area contributed by atoms with Crippen molar-refractivity contribution in [3.63, 3.8) is 0 Å². The molecule has 1 amide bonds. The Morgan fingerprint density at radius 3 is 2.65 bits per heavy atom. The molecule has 23 heavy (non-hydrogen) atoms. The molecule has 1 saturated carbocycles. The van der Waals surface area contributed by atoms with Crippen molar-refractivity contribution in [2.24, 2.45) is 5.41 Å². The van der Waals surface area contributed by atoms with Crippen molar-refractivity contribution < 1.29 is 19.4 Å². The number of carboxylic acids is 1. The number of benzene rings is 1. The van der Waals surface area contributed by atoms with Crippen molar-refractivity contribution in [2.45, 2.75) is 38.1 Å². The third-order valence-corrected chi connectivity index (χ3v) is 4.65. The number of nitrogens with one attached hydrogen (secondary N) is 1. The van der Waals surface area contributed by atoms with E-state index in [4.69, 9.17) is 16.3 Å². The van der Waals surface area contributed by atoms with E-state index in [1.807, 2.05) is 18.2 Å². The van der Waals surface area contributed by atoms with Crippen molar-refractivity contribution >= 4 is 23.5 Å². The number of halogens is 1. The van der Waals surface area contributed by atoms with Crippen molar-refractivity contribution in [1.29, 1.82) is 0 Å². The van der Waals surface area contributed by atoms with Crippen molar-refractivity contribution in [3.05, 3.63) is 34.9 Å². The molecule has 0 saturated heterocycles. The van der Waals surface area contributed by atoms with Crippen molar-refractivity contribution in [1.82, 2.24) is 5.32 Å². The number of carboxylic acid groups (broad SMARTS) is 1. The second kappa shape index (κ2) is 7.79. The van der Waals surface area contributed by atoms with Gasteiger partial charge in [-0.25, -0.2) is 4.79 Å². The zero-order valence-corrected chi connectivity index (χ0v) is 13.9. The second-order valence-corrected chi connectivity index (χ2v) is 6.55. The Bertz CT molecular complexity index is 569. The van der Waals surface area contributed by atoms with Crippen LogP contribution < -0.4 is 5.32 Å². The molecule has 5 nitrogen and oxygen atoms in total. The summed E-state index contributed by atoms with van der Waals surface area (Å²) < 4.78 is 4.88. The molecule has 1 atom stereocenters. The summed E-state index contributed by atoms with van der Waals surface area (Å²) in [5, 5.41) is 12.5. The van der Waals surface area contributed by atoms with Gasteiger partial charge in [-0.15, -0.1) is 0 Å². The minimum atomic E-state index is -1.09. The monoisotopic (exact) mass is 339 g/mol. The average molecular weight is 340 g/mol. The molecule has 1 fully saturated rings. The van der Waals surface area contributed by atoms with Crippen LogP contribution >= 0.6 is 11.6 Å². The van der Waals surface area contributed by atoms with Crippen LogP contribution in [0, 0.1) is 5.41 Å². The number of hydrogen-bond acceptors (Lipinski definition) is 3. The molecule has 1 aromatic rings. The van der Waals surface area contributed by atoms with Gasteiger partial charge in [0.25, 0.3) is 0 Å². The molecule has 0 aromatic heterocycles. The molecule has 2 N–H and O–H groups in total. The summed E-state index contributed by atoms with van der Waals surface area (Å²) in [6.45, 7) is -0.0473. The zero-order chi connectivity index (χ0) is 16.9. The Balaban J connectivity index is 2.16. The minimum absolute atomic E-state index is 0.0473. The van der Waals surface area contributed by atoms with E-state index in [0.29, 0.717) is 11.4 Å². The second-order valence-electron chi connectivity index (χ2n) is 6.11. The first-order valence-corrected chi connectivity index (χ1v) is 8.12. The van der Waals surface area contributed by atoms with Crippen LogP contribution in [0.1, 0.15) is 31.2 Å². The predicted molar refractivity (Wildman–Crippen MR) is 87.5 cm³/mol. The molecule has 1 unspecified atom stereocenters. The van der Waals surface area contributed by atoms with E-state index < -0.39 is 17.4 Å². The van der Waals surface area contributed by atoms with E-state index in [2.05, 4.69) is 5.32 Å². The smallest absolute Gasteiger partial charge is 0.328 e. The summed E-state index contributed by atoms with van der Waals surface area (Å²) in [5.41, 5.74) is 0.430. The molecule has 0 aliphatic heterocycles. The number of amides is 1. The van der Waals surface area contributed by atoms with Gasteiger partial charge in [-0.1, -0.05) is 36.6 Å². The Labute approximate surface area is 141 Å². The Morgan fingerprint density at radius 2 is 2.09 bits per heavy atom. The highest BCUT2D eigenvalue weighted by molar-refractivity contribution is 6.30. The fraction of sp³-hybridized carbons (Fsp3) is 0.529. The van der Waals surface area contributed by atoms with Crippen LogP contribution in [0.2, 0.25) is 5.02 Å². The van der Waals surface area contributed by atoms with Crippen molar-refractivity contribution in [3.8, 4) is 0 Å². The molecule has 2 rings (SSSR count). The molecule has 6 heteroatoms. The first-order chi connectivity index (χ1) is 11.0. The van der Waals surface area contributed by atoms with E-state index in [1.165, 1.54) is 7.11 Å². The average Bonchev–Trinajstić information content (AvgIpc) is 2.96. The van der Waals surface area contributed by atoms with Gasteiger partial charge in [0.15, 0.2) is 6.04 Å². The van der Waals surface area contributed by atoms with Crippen LogP contribution in [-0.2, 0) is 20.7 Å². The van der Waals surface area contributed by atoms with Crippen LogP contribution in [-0.4, -0.2) is 36.7 Å². The standard InChI is InChI=1S/C17H22ClNO4/c1-23-11-14(15(20)21)19-16(22)17(7-2-3-8-17)10-12-5-4-6-13(18)9-12/h4-6,9,14H,2-3,7-8,10-11H2,1H3,(H,19,22)(H,20,21). The van der Waals surface area contributed by atoms with Gasteiger partial charge in [-0.2, -0.15) is 0 Å². The molecule has 1 aliphatic carbocycles. The quantitative estimate of drug-likeness (QED) is 0.800. The third-order valence-electron chi connectivity index (χ3n) is 4.41. The summed E-state index contributed by atoms with van der Waals surface area (Å²) in [4.78, 5) is 24.0. The molecule has 1 aliphatic rings. The van der Waals surface area contributed by atoms with Gasteiger partial charge in [0.1, 0.15) is 0 Å². The minimum Gasteiger partial charge on any atom is -0.480 e. The van der Waals surface area contributed by atoms with Gasteiger partial charge < -0.3 is 15.2 Å². The Morgan fingerprint density at radius 1 is 1.39 bits per heavy atom. The molecule has 0 radical (unpaired) electrons. The van der Waals surface area contributed by atoms with Gasteiger partial charge in [0, 0.05) is 12.1 Å². The van der Waals surface area contributed by atoms with Gasteiger partial charge in [-0.3, -0.25) is 4.79 Å². The van der Waals surface area contributed by atoms with Gasteiger partial charge in [-0.05, 0) is 37.0 Å². The summed E-state index contributed by atoms with van der Waals surface area (Å²) in [6.07, 6.45) is 4.01. The van der Waals surface area contributed by atoms with E-state index >= 15 is 0 Å². The number of methoxy groups -OCH3 is 1. The Hall–Kier alpha value is -1.59. The van der Waals surface area contributed by atoms with E-state index in [9.17, 15) is 14.7 Å². The molecular formula is C17H22ClNO4. The molecule has 126 valence electrons. The van der Waals surface area contributed by atoms with E-state index in [1.54, 1.807) is 6.07 Å². The number of carbonyl (C=O) groups excluding carboxylic acids is 1. The van der Waals surface area contributed by atoms with Gasteiger partial charge in [0.05, 0.1) is 12.0 Å². The number of ether oxygens (including phenoxy) is 1. The van der Waals surface area contributed by atoms with Crippen LogP contribution in [0.4, 0.5) is 0 Å². The lowest BCUT2D eigenvalue weighted by Crippen LogP contribution is -2.50. The van der Waals surface area contributed by atoms with E-state index in [-0.39, 0.29) is 12.5 Å². The normalized spacial score (nSPS) is 17.7. The Kier molecular flexibility index (Phi) is 6.02. The first kappa shape index (κ1) is 17.8. The lowest BCUT2D eigenvalue weighted by atomic mass is 9.79. The maximum atomic E-state index is 12.8. The van der Waals surface area contributed by atoms with Crippen LogP contribution in [0.25, 0.3) is 0 Å². The SMILES string of the molecule is COCC(NC(=O)C1(Cc2cccc(Cl)c2)CCCC1)C(=O)O.